The van der Waals surface area contributed by atoms with E-state index in [9.17, 15) is 4.39 Å². The molecule has 1 heterocycles. The van der Waals surface area contributed by atoms with Gasteiger partial charge in [0, 0.05) is 5.39 Å². The summed E-state index contributed by atoms with van der Waals surface area (Å²) in [5.74, 6) is 0.281. The third kappa shape index (κ3) is 1.81. The molecule has 1 N–H and O–H groups in total. The van der Waals surface area contributed by atoms with Crippen LogP contribution >= 0.6 is 11.6 Å². The molecule has 1 aromatic heterocycles. The molecule has 2 rings (SSSR count). The Hall–Kier alpha value is -1.06. The Morgan fingerprint density at radius 2 is 2.19 bits per heavy atom. The molecule has 0 radical (unpaired) electrons. The lowest BCUT2D eigenvalue weighted by Gasteiger charge is -1.97. The summed E-state index contributed by atoms with van der Waals surface area (Å²) in [6.07, 6.45) is 0. The lowest BCUT2D eigenvalue weighted by atomic mass is 10.1. The molecule has 0 aliphatic heterocycles. The molecule has 86 valence electrons. The second-order valence-corrected chi connectivity index (χ2v) is 4.08. The van der Waals surface area contributed by atoms with E-state index in [1.54, 1.807) is 12.1 Å². The van der Waals surface area contributed by atoms with E-state index in [0.29, 0.717) is 6.54 Å². The summed E-state index contributed by atoms with van der Waals surface area (Å²) in [5.41, 5.74) is 1.21. The van der Waals surface area contributed by atoms with Gasteiger partial charge in [-0.3, -0.25) is 0 Å². The first-order chi connectivity index (χ1) is 7.65. The van der Waals surface area contributed by atoms with Crippen molar-refractivity contribution < 1.29 is 8.81 Å². The molecule has 0 spiro atoms. The van der Waals surface area contributed by atoms with Crippen molar-refractivity contribution in [3.8, 4) is 0 Å². The van der Waals surface area contributed by atoms with Crippen molar-refractivity contribution in [3.05, 3.63) is 34.3 Å². The fourth-order valence-corrected chi connectivity index (χ4v) is 1.83. The van der Waals surface area contributed by atoms with Crippen LogP contribution < -0.4 is 5.32 Å². The summed E-state index contributed by atoms with van der Waals surface area (Å²) in [4.78, 5) is 0. The van der Waals surface area contributed by atoms with Gasteiger partial charge in [0.05, 0.1) is 11.6 Å². The highest BCUT2D eigenvalue weighted by Crippen LogP contribution is 2.30. The zero-order valence-corrected chi connectivity index (χ0v) is 9.99. The Morgan fingerprint density at radius 1 is 1.44 bits per heavy atom. The monoisotopic (exact) mass is 241 g/mol. The van der Waals surface area contributed by atoms with E-state index < -0.39 is 5.82 Å². The van der Waals surface area contributed by atoms with Crippen LogP contribution in [0.3, 0.4) is 0 Å². The number of aryl methyl sites for hydroxylation is 1. The zero-order valence-electron chi connectivity index (χ0n) is 9.23. The molecule has 0 aliphatic carbocycles. The standard InChI is InChI=1S/C12H13ClFNO/c1-3-15-6-10-7(2)8-4-5-9(13)11(14)12(8)16-10/h4-5,15H,3,6H2,1-2H3. The summed E-state index contributed by atoms with van der Waals surface area (Å²) in [6, 6.07) is 3.34. The van der Waals surface area contributed by atoms with Gasteiger partial charge in [-0.05, 0) is 31.2 Å². The largest absolute Gasteiger partial charge is 0.456 e. The Bertz CT molecular complexity index is 521. The highest BCUT2D eigenvalue weighted by molar-refractivity contribution is 6.31. The number of halogens is 2. The highest BCUT2D eigenvalue weighted by Gasteiger charge is 2.15. The average Bonchev–Trinajstić information content (AvgIpc) is 2.59. The van der Waals surface area contributed by atoms with Gasteiger partial charge < -0.3 is 9.73 Å². The second-order valence-electron chi connectivity index (χ2n) is 3.67. The number of hydrogen-bond donors (Lipinski definition) is 1. The molecule has 0 unspecified atom stereocenters. The van der Waals surface area contributed by atoms with Crippen LogP contribution in [0.1, 0.15) is 18.2 Å². The molecule has 0 aliphatic rings. The van der Waals surface area contributed by atoms with E-state index in [1.165, 1.54) is 0 Å². The predicted octanol–water partition coefficient (Wildman–Crippen LogP) is 3.64. The van der Waals surface area contributed by atoms with E-state index in [0.717, 1.165) is 23.3 Å². The van der Waals surface area contributed by atoms with E-state index >= 15 is 0 Å². The zero-order chi connectivity index (χ0) is 11.7. The fraction of sp³-hybridized carbons (Fsp3) is 0.333. The number of fused-ring (bicyclic) bond motifs is 1. The van der Waals surface area contributed by atoms with Crippen molar-refractivity contribution in [1.82, 2.24) is 5.32 Å². The van der Waals surface area contributed by atoms with E-state index in [1.807, 2.05) is 13.8 Å². The molecule has 0 saturated heterocycles. The molecular formula is C12H13ClFNO. The summed E-state index contributed by atoms with van der Waals surface area (Å²) in [6.45, 7) is 5.38. The molecule has 4 heteroatoms. The van der Waals surface area contributed by atoms with E-state index in [-0.39, 0.29) is 10.6 Å². The fourth-order valence-electron chi connectivity index (χ4n) is 1.68. The van der Waals surface area contributed by atoms with Gasteiger partial charge in [0.25, 0.3) is 0 Å². The first kappa shape index (κ1) is 11.4. The van der Waals surface area contributed by atoms with E-state index in [2.05, 4.69) is 5.32 Å². The van der Waals surface area contributed by atoms with Crippen molar-refractivity contribution >= 4 is 22.6 Å². The number of benzene rings is 1. The van der Waals surface area contributed by atoms with E-state index in [4.69, 9.17) is 16.0 Å². The highest BCUT2D eigenvalue weighted by atomic mass is 35.5. The van der Waals surface area contributed by atoms with Gasteiger partial charge in [-0.1, -0.05) is 18.5 Å². The first-order valence-corrected chi connectivity index (χ1v) is 5.59. The van der Waals surface area contributed by atoms with Crippen LogP contribution in [0.2, 0.25) is 5.02 Å². The average molecular weight is 242 g/mol. The molecule has 0 saturated carbocycles. The molecule has 2 nitrogen and oxygen atoms in total. The maximum atomic E-state index is 13.7. The topological polar surface area (TPSA) is 25.2 Å². The predicted molar refractivity (Wildman–Crippen MR) is 63.3 cm³/mol. The quantitative estimate of drug-likeness (QED) is 0.888. The summed E-state index contributed by atoms with van der Waals surface area (Å²) in [5, 5.41) is 4.03. The van der Waals surface area contributed by atoms with Crippen molar-refractivity contribution in [2.24, 2.45) is 0 Å². The van der Waals surface area contributed by atoms with Gasteiger partial charge in [-0.15, -0.1) is 0 Å². The minimum Gasteiger partial charge on any atom is -0.456 e. The second kappa shape index (κ2) is 4.44. The van der Waals surface area contributed by atoms with Crippen LogP contribution in [0, 0.1) is 12.7 Å². The van der Waals surface area contributed by atoms with Gasteiger partial charge in [0.2, 0.25) is 0 Å². The van der Waals surface area contributed by atoms with Gasteiger partial charge >= 0.3 is 0 Å². The third-order valence-corrected chi connectivity index (χ3v) is 2.92. The smallest absolute Gasteiger partial charge is 0.184 e. The first-order valence-electron chi connectivity index (χ1n) is 5.21. The van der Waals surface area contributed by atoms with Crippen molar-refractivity contribution in [3.63, 3.8) is 0 Å². The van der Waals surface area contributed by atoms with Crippen molar-refractivity contribution in [1.29, 1.82) is 0 Å². The van der Waals surface area contributed by atoms with Gasteiger partial charge in [-0.2, -0.15) is 0 Å². The maximum Gasteiger partial charge on any atom is 0.184 e. The van der Waals surface area contributed by atoms with Crippen LogP contribution in [-0.4, -0.2) is 6.54 Å². The molecule has 0 bridgehead atoms. The molecule has 16 heavy (non-hydrogen) atoms. The van der Waals surface area contributed by atoms with Crippen LogP contribution in [0.5, 0.6) is 0 Å². The molecule has 0 amide bonds. The van der Waals surface area contributed by atoms with Gasteiger partial charge in [0.1, 0.15) is 5.76 Å². The number of rotatable bonds is 3. The Kier molecular flexibility index (Phi) is 3.17. The van der Waals surface area contributed by atoms with Crippen LogP contribution in [0.15, 0.2) is 16.5 Å². The molecular weight excluding hydrogens is 229 g/mol. The van der Waals surface area contributed by atoms with Crippen LogP contribution in [-0.2, 0) is 6.54 Å². The summed E-state index contributed by atoms with van der Waals surface area (Å²) >= 11 is 5.70. The van der Waals surface area contributed by atoms with Gasteiger partial charge in [0.15, 0.2) is 11.4 Å². The van der Waals surface area contributed by atoms with Crippen molar-refractivity contribution in [2.75, 3.05) is 6.54 Å². The Morgan fingerprint density at radius 3 is 2.88 bits per heavy atom. The van der Waals surface area contributed by atoms with Gasteiger partial charge in [-0.25, -0.2) is 4.39 Å². The lowest BCUT2D eigenvalue weighted by molar-refractivity contribution is 0.497. The normalized spacial score (nSPS) is 11.2. The molecule has 1 aromatic carbocycles. The summed E-state index contributed by atoms with van der Waals surface area (Å²) in [7, 11) is 0. The Labute approximate surface area is 98.4 Å². The maximum absolute atomic E-state index is 13.7. The molecule has 2 aromatic rings. The molecule has 0 fully saturated rings. The minimum absolute atomic E-state index is 0.0938. The SMILES string of the molecule is CCNCc1oc2c(F)c(Cl)ccc2c1C. The summed E-state index contributed by atoms with van der Waals surface area (Å²) < 4.78 is 19.2. The van der Waals surface area contributed by atoms with Crippen LogP contribution in [0.25, 0.3) is 11.0 Å². The minimum atomic E-state index is -0.481. The number of furan rings is 1. The molecule has 0 atom stereocenters. The lowest BCUT2D eigenvalue weighted by Crippen LogP contribution is -2.11. The Balaban J connectivity index is 2.54. The number of hydrogen-bond acceptors (Lipinski definition) is 2. The van der Waals surface area contributed by atoms with Crippen molar-refractivity contribution in [2.45, 2.75) is 20.4 Å². The third-order valence-electron chi connectivity index (χ3n) is 2.63. The number of nitrogens with one attached hydrogen (secondary N) is 1. The van der Waals surface area contributed by atoms with Crippen LogP contribution in [0.4, 0.5) is 4.39 Å².